The van der Waals surface area contributed by atoms with Crippen molar-refractivity contribution in [3.63, 3.8) is 0 Å². The molecule has 220 valence electrons. The van der Waals surface area contributed by atoms with Gasteiger partial charge in [-0.25, -0.2) is 0 Å². The number of esters is 1. The Morgan fingerprint density at radius 2 is 1.83 bits per heavy atom. The number of anilines is 1. The van der Waals surface area contributed by atoms with Crippen molar-refractivity contribution < 1.29 is 29.0 Å². The van der Waals surface area contributed by atoms with Crippen molar-refractivity contribution in [1.29, 1.82) is 0 Å². The molecule has 1 saturated heterocycles. The van der Waals surface area contributed by atoms with Crippen molar-refractivity contribution in [1.82, 2.24) is 10.2 Å². The van der Waals surface area contributed by atoms with Crippen LogP contribution in [0.5, 0.6) is 0 Å². The molecule has 0 saturated carbocycles. The van der Waals surface area contributed by atoms with Crippen LogP contribution in [0.4, 0.5) is 5.69 Å². The van der Waals surface area contributed by atoms with Crippen LogP contribution < -0.4 is 10.6 Å². The van der Waals surface area contributed by atoms with Gasteiger partial charge in [-0.1, -0.05) is 42.5 Å². The molecule has 2 aromatic carbocycles. The second kappa shape index (κ2) is 16.3. The Labute approximate surface area is 241 Å². The van der Waals surface area contributed by atoms with E-state index in [9.17, 15) is 24.3 Å². The zero-order valence-electron chi connectivity index (χ0n) is 23.6. The smallest absolute Gasteiger partial charge is 0.305 e. The molecule has 0 radical (unpaired) electrons. The summed E-state index contributed by atoms with van der Waals surface area (Å²) in [6, 6.07) is 11.8. The van der Waals surface area contributed by atoms with Crippen LogP contribution in [0.3, 0.4) is 0 Å². The summed E-state index contributed by atoms with van der Waals surface area (Å²) in [4.78, 5) is 53.6. The van der Waals surface area contributed by atoms with E-state index in [4.69, 9.17) is 4.74 Å². The Hall–Kier alpha value is -3.98. The lowest BCUT2D eigenvalue weighted by Gasteiger charge is -2.26. The van der Waals surface area contributed by atoms with Crippen LogP contribution in [-0.4, -0.2) is 65.5 Å². The van der Waals surface area contributed by atoms with E-state index in [1.807, 2.05) is 36.4 Å². The maximum Gasteiger partial charge on any atom is 0.305 e. The molecular formula is C32H41N3O6. The Morgan fingerprint density at radius 1 is 1.05 bits per heavy atom. The van der Waals surface area contributed by atoms with Crippen molar-refractivity contribution in [2.45, 2.75) is 63.5 Å². The van der Waals surface area contributed by atoms with Crippen LogP contribution in [0, 0.1) is 5.92 Å². The number of amides is 3. The number of carbonyl (C=O) groups is 4. The van der Waals surface area contributed by atoms with Crippen molar-refractivity contribution in [3.8, 4) is 0 Å². The normalized spacial score (nSPS) is 16.0. The fraction of sp³-hybridized carbons (Fsp3) is 0.438. The number of aliphatic hydroxyl groups excluding tert-OH is 1. The molecule has 3 N–H and O–H groups in total. The first-order valence-electron chi connectivity index (χ1n) is 14.2. The predicted molar refractivity (Wildman–Crippen MR) is 159 cm³/mol. The van der Waals surface area contributed by atoms with Gasteiger partial charge in [-0.15, -0.1) is 13.2 Å². The molecule has 1 aliphatic heterocycles. The van der Waals surface area contributed by atoms with E-state index in [-0.39, 0.29) is 44.4 Å². The maximum absolute atomic E-state index is 13.4. The van der Waals surface area contributed by atoms with E-state index in [0.29, 0.717) is 18.7 Å². The van der Waals surface area contributed by atoms with Crippen molar-refractivity contribution in [2.24, 2.45) is 5.92 Å². The Morgan fingerprint density at radius 3 is 2.56 bits per heavy atom. The number of aliphatic hydroxyl groups is 1. The van der Waals surface area contributed by atoms with Crippen LogP contribution in [-0.2, 0) is 23.9 Å². The summed E-state index contributed by atoms with van der Waals surface area (Å²) >= 11 is 0. The third-order valence-electron chi connectivity index (χ3n) is 7.25. The third kappa shape index (κ3) is 9.56. The van der Waals surface area contributed by atoms with Gasteiger partial charge in [0, 0.05) is 25.1 Å². The molecule has 3 atom stereocenters. The number of unbranched alkanes of at least 4 members (excludes halogenated alkanes) is 2. The molecule has 1 aliphatic rings. The van der Waals surface area contributed by atoms with Crippen LogP contribution in [0.15, 0.2) is 67.8 Å². The average molecular weight is 564 g/mol. The van der Waals surface area contributed by atoms with Gasteiger partial charge < -0.3 is 25.4 Å². The SMILES string of the molecule is C=CCCCCC(=O)OC[C@H](NC(=O)[C@H](CC=C)CC(=O)N1CCC[C@H]1CO)C(=O)Nc1ccc2ccccc2c1. The molecular weight excluding hydrogens is 522 g/mol. The minimum atomic E-state index is -1.18. The van der Waals surface area contributed by atoms with Gasteiger partial charge in [0.25, 0.3) is 5.91 Å². The van der Waals surface area contributed by atoms with Crippen molar-refractivity contribution in [3.05, 3.63) is 67.8 Å². The predicted octanol–water partition coefficient (Wildman–Crippen LogP) is 4.12. The molecule has 41 heavy (non-hydrogen) atoms. The number of allylic oxidation sites excluding steroid dienone is 2. The minimum absolute atomic E-state index is 0.0868. The molecule has 3 amide bonds. The first-order chi connectivity index (χ1) is 19.9. The number of likely N-dealkylation sites (tertiary alicyclic amines) is 1. The molecule has 1 fully saturated rings. The number of ether oxygens (including phenoxy) is 1. The molecule has 0 unspecified atom stereocenters. The van der Waals surface area contributed by atoms with Crippen LogP contribution in [0.25, 0.3) is 10.8 Å². The highest BCUT2D eigenvalue weighted by atomic mass is 16.5. The molecule has 2 aromatic rings. The molecule has 0 aromatic heterocycles. The summed E-state index contributed by atoms with van der Waals surface area (Å²) in [5.41, 5.74) is 0.533. The molecule has 0 bridgehead atoms. The van der Waals surface area contributed by atoms with Gasteiger partial charge in [0.05, 0.1) is 18.6 Å². The van der Waals surface area contributed by atoms with Crippen molar-refractivity contribution in [2.75, 3.05) is 25.1 Å². The quantitative estimate of drug-likeness (QED) is 0.160. The van der Waals surface area contributed by atoms with Gasteiger partial charge in [0.15, 0.2) is 0 Å². The minimum Gasteiger partial charge on any atom is -0.463 e. The zero-order chi connectivity index (χ0) is 29.6. The van der Waals surface area contributed by atoms with E-state index in [1.165, 1.54) is 0 Å². The Bertz CT molecular complexity index is 1230. The fourth-order valence-electron chi connectivity index (χ4n) is 4.94. The number of fused-ring (bicyclic) bond motifs is 1. The number of carbonyl (C=O) groups excluding carboxylic acids is 4. The molecule has 1 heterocycles. The highest BCUT2D eigenvalue weighted by Crippen LogP contribution is 2.22. The molecule has 9 heteroatoms. The number of hydrogen-bond donors (Lipinski definition) is 3. The zero-order valence-corrected chi connectivity index (χ0v) is 23.6. The highest BCUT2D eigenvalue weighted by molar-refractivity contribution is 5.99. The Balaban J connectivity index is 1.70. The topological polar surface area (TPSA) is 125 Å². The third-order valence-corrected chi connectivity index (χ3v) is 7.25. The number of hydrogen-bond acceptors (Lipinski definition) is 6. The number of nitrogens with zero attached hydrogens (tertiary/aromatic N) is 1. The van der Waals surface area contributed by atoms with E-state index in [1.54, 1.807) is 23.1 Å². The first kappa shape index (κ1) is 31.5. The van der Waals surface area contributed by atoms with Gasteiger partial charge in [0.1, 0.15) is 12.6 Å². The highest BCUT2D eigenvalue weighted by Gasteiger charge is 2.32. The summed E-state index contributed by atoms with van der Waals surface area (Å²) in [7, 11) is 0. The van der Waals surface area contributed by atoms with Crippen LogP contribution >= 0.6 is 0 Å². The van der Waals surface area contributed by atoms with Gasteiger partial charge in [-0.2, -0.15) is 0 Å². The lowest BCUT2D eigenvalue weighted by Crippen LogP contribution is -2.49. The van der Waals surface area contributed by atoms with Crippen molar-refractivity contribution >= 4 is 40.2 Å². The standard InChI is InChI=1S/C32H41N3O6/c1-3-5-6-7-15-30(38)41-22-28(32(40)33-26-17-16-23-12-8-9-13-24(23)19-26)34-31(39)25(11-4-2)20-29(37)35-18-10-14-27(35)21-36/h3-4,8-9,12-13,16-17,19,25,27-28,36H,1-2,5-7,10-11,14-15,18,20-22H2,(H,33,40)(H,34,39)/t25-,27+,28+/m1/s1. The van der Waals surface area contributed by atoms with Gasteiger partial charge in [-0.3, -0.25) is 19.2 Å². The lowest BCUT2D eigenvalue weighted by molar-refractivity contribution is -0.146. The number of benzene rings is 2. The summed E-state index contributed by atoms with van der Waals surface area (Å²) in [6.07, 6.45) is 7.39. The largest absolute Gasteiger partial charge is 0.463 e. The average Bonchev–Trinajstić information content (AvgIpc) is 3.46. The van der Waals surface area contributed by atoms with Gasteiger partial charge in [0.2, 0.25) is 11.8 Å². The van der Waals surface area contributed by atoms with Gasteiger partial charge in [-0.05, 0) is 61.4 Å². The summed E-state index contributed by atoms with van der Waals surface area (Å²) in [6.45, 7) is 7.44. The first-order valence-corrected chi connectivity index (χ1v) is 14.2. The Kier molecular flexibility index (Phi) is 12.6. The monoisotopic (exact) mass is 563 g/mol. The molecule has 0 spiro atoms. The molecule has 0 aliphatic carbocycles. The van der Waals surface area contributed by atoms with Crippen LogP contribution in [0.1, 0.15) is 51.4 Å². The fourth-order valence-corrected chi connectivity index (χ4v) is 4.94. The summed E-state index contributed by atoms with van der Waals surface area (Å²) in [5.74, 6) is -2.53. The maximum atomic E-state index is 13.4. The van der Waals surface area contributed by atoms with Gasteiger partial charge >= 0.3 is 5.97 Å². The van der Waals surface area contributed by atoms with E-state index in [0.717, 1.165) is 36.5 Å². The second-order valence-electron chi connectivity index (χ2n) is 10.3. The summed E-state index contributed by atoms with van der Waals surface area (Å²) < 4.78 is 5.38. The number of nitrogens with one attached hydrogen (secondary N) is 2. The van der Waals surface area contributed by atoms with E-state index >= 15 is 0 Å². The summed E-state index contributed by atoms with van der Waals surface area (Å²) in [5, 5.41) is 17.1. The molecule has 3 rings (SSSR count). The lowest BCUT2D eigenvalue weighted by atomic mass is 9.98. The number of rotatable bonds is 16. The van der Waals surface area contributed by atoms with Crippen LogP contribution in [0.2, 0.25) is 0 Å². The van der Waals surface area contributed by atoms with E-state index in [2.05, 4.69) is 23.8 Å². The second-order valence-corrected chi connectivity index (χ2v) is 10.3. The molecule has 9 nitrogen and oxygen atoms in total. The van der Waals surface area contributed by atoms with E-state index < -0.39 is 29.7 Å².